The SMILES string of the molecule is COc1ccc2nc3cc(Cl)ccc3c(NCCNc3c4ccccc4nc4ccccc34)c2c1.O=C(O)C(F)(F)F.O=C(O)C(F)(F)F. The highest BCUT2D eigenvalue weighted by atomic mass is 35.5. The first-order valence-electron chi connectivity index (χ1n) is 14.0. The van der Waals surface area contributed by atoms with Crippen LogP contribution in [0.4, 0.5) is 37.7 Å². The number of rotatable bonds is 6. The van der Waals surface area contributed by atoms with Gasteiger partial charge in [0.2, 0.25) is 0 Å². The molecule has 49 heavy (non-hydrogen) atoms. The number of anilines is 2. The van der Waals surface area contributed by atoms with Crippen molar-refractivity contribution in [3.8, 4) is 5.75 Å². The average molecular weight is 707 g/mol. The third kappa shape index (κ3) is 9.07. The Balaban J connectivity index is 0.000000327. The van der Waals surface area contributed by atoms with Crippen LogP contribution in [0.5, 0.6) is 5.75 Å². The van der Waals surface area contributed by atoms with E-state index in [0.29, 0.717) is 11.6 Å². The zero-order chi connectivity index (χ0) is 35.9. The molecule has 0 atom stereocenters. The fraction of sp³-hybridized carbons (Fsp3) is 0.152. The fourth-order valence-corrected chi connectivity index (χ4v) is 4.79. The highest BCUT2D eigenvalue weighted by Crippen LogP contribution is 2.34. The minimum Gasteiger partial charge on any atom is -0.497 e. The van der Waals surface area contributed by atoms with E-state index in [2.05, 4.69) is 47.0 Å². The number of hydrogen-bond donors (Lipinski definition) is 4. The van der Waals surface area contributed by atoms with Gasteiger partial charge in [-0.05, 0) is 48.5 Å². The summed E-state index contributed by atoms with van der Waals surface area (Å²) < 4.78 is 69.0. The standard InChI is InChI=1S/C29H23ClN4O.2C2HF3O2/c1-35-19-11-13-26-23(17-19)29(22-12-10-18(30)16-27(22)34-26)32-15-14-31-28-20-6-2-4-8-24(20)33-25-9-5-3-7-21(25)28;2*3-2(4,5)1(6)7/h2-13,16-17H,14-15H2,1H3,(H,31,33)(H,32,34);2*(H,6,7). The largest absolute Gasteiger partial charge is 0.497 e. The minimum absolute atomic E-state index is 0.668. The van der Waals surface area contributed by atoms with Gasteiger partial charge in [0.05, 0.1) is 40.6 Å². The maximum atomic E-state index is 10.6. The van der Waals surface area contributed by atoms with Crippen molar-refractivity contribution in [3.63, 3.8) is 0 Å². The second-order valence-corrected chi connectivity index (χ2v) is 10.4. The lowest BCUT2D eigenvalue weighted by Gasteiger charge is -2.16. The second-order valence-electron chi connectivity index (χ2n) is 10.0. The van der Waals surface area contributed by atoms with Crippen LogP contribution in [0.2, 0.25) is 5.02 Å². The second kappa shape index (κ2) is 15.1. The van der Waals surface area contributed by atoms with Gasteiger partial charge in [-0.1, -0.05) is 48.0 Å². The van der Waals surface area contributed by atoms with E-state index in [4.69, 9.17) is 46.1 Å². The van der Waals surface area contributed by atoms with Gasteiger partial charge in [0.15, 0.2) is 0 Å². The zero-order valence-corrected chi connectivity index (χ0v) is 25.9. The van der Waals surface area contributed by atoms with Gasteiger partial charge in [-0.3, -0.25) is 0 Å². The van der Waals surface area contributed by atoms with Crippen LogP contribution in [0.1, 0.15) is 0 Å². The van der Waals surface area contributed by atoms with E-state index in [-0.39, 0.29) is 0 Å². The van der Waals surface area contributed by atoms with Crippen molar-refractivity contribution in [2.45, 2.75) is 12.4 Å². The molecule has 0 amide bonds. The number of nitrogens with zero attached hydrogens (tertiary/aromatic N) is 2. The van der Waals surface area contributed by atoms with Crippen LogP contribution >= 0.6 is 11.6 Å². The molecule has 0 saturated carbocycles. The lowest BCUT2D eigenvalue weighted by atomic mass is 10.1. The Morgan fingerprint density at radius 3 is 1.57 bits per heavy atom. The number of carboxylic acids is 2. The molecule has 4 N–H and O–H groups in total. The number of nitrogens with one attached hydrogen (secondary N) is 2. The molecule has 0 aliphatic rings. The van der Waals surface area contributed by atoms with Crippen LogP contribution in [0.25, 0.3) is 43.6 Å². The Labute approximate surface area is 278 Å². The minimum atomic E-state index is -5.08. The third-order valence-corrected chi connectivity index (χ3v) is 6.98. The van der Waals surface area contributed by atoms with Gasteiger partial charge in [0, 0.05) is 39.7 Å². The number of alkyl halides is 6. The van der Waals surface area contributed by atoms with Crippen LogP contribution in [-0.2, 0) is 9.59 Å². The normalized spacial score (nSPS) is 11.3. The van der Waals surface area contributed by atoms with Crippen LogP contribution in [-0.4, -0.2) is 64.7 Å². The number of benzene rings is 4. The summed E-state index contributed by atoms with van der Waals surface area (Å²) in [5.74, 6) is -4.72. The Bertz CT molecular complexity index is 2070. The molecule has 0 unspecified atom stereocenters. The van der Waals surface area contributed by atoms with Gasteiger partial charge < -0.3 is 25.6 Å². The molecule has 0 aliphatic carbocycles. The highest BCUT2D eigenvalue weighted by Gasteiger charge is 2.38. The number of carboxylic acid groups (broad SMARTS) is 2. The zero-order valence-electron chi connectivity index (χ0n) is 25.2. The van der Waals surface area contributed by atoms with Gasteiger partial charge in [0.1, 0.15) is 5.75 Å². The van der Waals surface area contributed by atoms with Crippen molar-refractivity contribution in [3.05, 3.63) is 90.0 Å². The van der Waals surface area contributed by atoms with Gasteiger partial charge in [-0.15, -0.1) is 0 Å². The van der Waals surface area contributed by atoms with Gasteiger partial charge in [-0.2, -0.15) is 26.3 Å². The quantitative estimate of drug-likeness (QED) is 0.0764. The van der Waals surface area contributed by atoms with E-state index >= 15 is 0 Å². The fourth-order valence-electron chi connectivity index (χ4n) is 4.62. The van der Waals surface area contributed by atoms with Gasteiger partial charge in [0.25, 0.3) is 0 Å². The Hall–Kier alpha value is -5.57. The maximum absolute atomic E-state index is 10.6. The molecule has 4 aromatic carbocycles. The summed E-state index contributed by atoms with van der Waals surface area (Å²) in [6.45, 7) is 1.43. The van der Waals surface area contributed by atoms with Crippen LogP contribution in [0.15, 0.2) is 84.9 Å². The highest BCUT2D eigenvalue weighted by molar-refractivity contribution is 6.31. The number of aliphatic carboxylic acids is 2. The van der Waals surface area contributed by atoms with Crippen LogP contribution < -0.4 is 15.4 Å². The van der Waals surface area contributed by atoms with Crippen molar-refractivity contribution in [2.24, 2.45) is 0 Å². The summed E-state index contributed by atoms with van der Waals surface area (Å²) in [7, 11) is 1.68. The number of pyridine rings is 2. The van der Waals surface area contributed by atoms with Crippen molar-refractivity contribution >= 4 is 78.5 Å². The predicted octanol–water partition coefficient (Wildman–Crippen LogP) is 8.54. The van der Waals surface area contributed by atoms with Gasteiger partial charge in [-0.25, -0.2) is 19.6 Å². The molecule has 0 saturated heterocycles. The molecule has 9 nitrogen and oxygen atoms in total. The molecular weight excluding hydrogens is 682 g/mol. The van der Waals surface area contributed by atoms with E-state index < -0.39 is 24.3 Å². The molecule has 2 heterocycles. The number of carbonyl (C=O) groups is 2. The van der Waals surface area contributed by atoms with Crippen molar-refractivity contribution < 1.29 is 50.9 Å². The number of hydrogen-bond acceptors (Lipinski definition) is 7. The summed E-state index contributed by atoms with van der Waals surface area (Å²) in [6.07, 6.45) is -10.2. The number of ether oxygens (including phenoxy) is 1. The van der Waals surface area contributed by atoms with E-state index in [1.54, 1.807) is 7.11 Å². The molecule has 0 radical (unpaired) electrons. The van der Waals surface area contributed by atoms with Crippen molar-refractivity contribution in [1.82, 2.24) is 9.97 Å². The van der Waals surface area contributed by atoms with E-state index in [0.717, 1.165) is 67.3 Å². The van der Waals surface area contributed by atoms with Crippen LogP contribution in [0, 0.1) is 0 Å². The summed E-state index contributed by atoms with van der Waals surface area (Å²) in [5, 5.41) is 26.5. The summed E-state index contributed by atoms with van der Waals surface area (Å²) in [5.41, 5.74) is 5.84. The molecule has 16 heteroatoms. The predicted molar refractivity (Wildman–Crippen MR) is 174 cm³/mol. The molecule has 2 aromatic heterocycles. The number of para-hydroxylation sites is 2. The maximum Gasteiger partial charge on any atom is 0.490 e. The Morgan fingerprint density at radius 2 is 1.08 bits per heavy atom. The molecule has 6 rings (SSSR count). The number of fused-ring (bicyclic) bond motifs is 4. The summed E-state index contributed by atoms with van der Waals surface area (Å²) in [6, 6.07) is 28.2. The van der Waals surface area contributed by atoms with Crippen molar-refractivity contribution in [2.75, 3.05) is 30.8 Å². The van der Waals surface area contributed by atoms with Crippen LogP contribution in [0.3, 0.4) is 0 Å². The molecule has 0 bridgehead atoms. The smallest absolute Gasteiger partial charge is 0.490 e. The molecule has 256 valence electrons. The monoisotopic (exact) mass is 706 g/mol. The van der Waals surface area contributed by atoms with E-state index in [9.17, 15) is 26.3 Å². The number of halogens is 7. The lowest BCUT2D eigenvalue weighted by molar-refractivity contribution is -0.193. The molecular formula is C33H25ClF6N4O5. The molecule has 0 aliphatic heterocycles. The first kappa shape index (κ1) is 36.3. The Kier molecular flexibility index (Phi) is 11.2. The first-order chi connectivity index (χ1) is 23.1. The molecule has 0 spiro atoms. The number of methoxy groups -OCH3 is 1. The Morgan fingerprint density at radius 1 is 0.653 bits per heavy atom. The van der Waals surface area contributed by atoms with Crippen molar-refractivity contribution in [1.29, 1.82) is 0 Å². The summed E-state index contributed by atoms with van der Waals surface area (Å²) in [4.78, 5) is 27.4. The molecule has 6 aromatic rings. The first-order valence-corrected chi connectivity index (χ1v) is 14.4. The lowest BCUT2D eigenvalue weighted by Crippen LogP contribution is -2.21. The third-order valence-electron chi connectivity index (χ3n) is 6.74. The van der Waals surface area contributed by atoms with Gasteiger partial charge >= 0.3 is 24.3 Å². The molecule has 0 fully saturated rings. The van der Waals surface area contributed by atoms with E-state index in [1.165, 1.54) is 0 Å². The average Bonchev–Trinajstić information content (AvgIpc) is 3.05. The number of aromatic nitrogens is 2. The van der Waals surface area contributed by atoms with E-state index in [1.807, 2.05) is 48.5 Å². The topological polar surface area (TPSA) is 134 Å². The summed E-state index contributed by atoms with van der Waals surface area (Å²) >= 11 is 6.26.